The van der Waals surface area contributed by atoms with E-state index < -0.39 is 0 Å². The topological polar surface area (TPSA) is 57.1 Å². The molecule has 2 unspecified atom stereocenters. The third-order valence-corrected chi connectivity index (χ3v) is 5.91. The molecule has 0 saturated heterocycles. The van der Waals surface area contributed by atoms with Crippen LogP contribution in [0.5, 0.6) is 11.5 Å². The van der Waals surface area contributed by atoms with Gasteiger partial charge in [0.25, 0.3) is 0 Å². The molecule has 1 saturated carbocycles. The van der Waals surface area contributed by atoms with Crippen LogP contribution in [-0.2, 0) is 16.2 Å². The van der Waals surface area contributed by atoms with E-state index in [0.29, 0.717) is 19.1 Å². The summed E-state index contributed by atoms with van der Waals surface area (Å²) in [5.74, 6) is 2.43. The summed E-state index contributed by atoms with van der Waals surface area (Å²) >= 11 is 0. The molecule has 0 radical (unpaired) electrons. The lowest BCUT2D eigenvalue weighted by Crippen LogP contribution is -2.13. The highest BCUT2D eigenvalue weighted by Gasteiger charge is 2.41. The van der Waals surface area contributed by atoms with Crippen LogP contribution in [0.15, 0.2) is 78.0 Å². The Morgan fingerprint density at radius 2 is 1.55 bits per heavy atom. The van der Waals surface area contributed by atoms with E-state index in [2.05, 4.69) is 17.3 Å². The molecule has 0 spiro atoms. The fourth-order valence-electron chi connectivity index (χ4n) is 3.84. The van der Waals surface area contributed by atoms with Gasteiger partial charge < -0.3 is 14.3 Å². The number of oxime groups is 1. The van der Waals surface area contributed by atoms with Crippen molar-refractivity contribution in [3.05, 3.63) is 95.1 Å². The molecular weight excluding hydrogens is 414 g/mol. The number of aryl methyl sites for hydroxylation is 1. The summed E-state index contributed by atoms with van der Waals surface area (Å²) in [5.41, 5.74) is 5.15. The van der Waals surface area contributed by atoms with Crippen molar-refractivity contribution in [2.75, 3.05) is 13.7 Å². The summed E-state index contributed by atoms with van der Waals surface area (Å²) in [6.07, 6.45) is 0.966. The molecule has 0 amide bonds. The molecule has 5 nitrogen and oxygen atoms in total. The Balaban J connectivity index is 1.28. The highest BCUT2D eigenvalue weighted by atomic mass is 16.6. The Bertz CT molecular complexity index is 1100. The van der Waals surface area contributed by atoms with Crippen LogP contribution in [0.3, 0.4) is 0 Å². The first-order valence-corrected chi connectivity index (χ1v) is 11.2. The van der Waals surface area contributed by atoms with Crippen LogP contribution >= 0.6 is 0 Å². The predicted molar refractivity (Wildman–Crippen MR) is 129 cm³/mol. The maximum atomic E-state index is 11.5. The Morgan fingerprint density at radius 1 is 0.909 bits per heavy atom. The molecule has 5 heteroatoms. The number of rotatable bonds is 10. The molecule has 33 heavy (non-hydrogen) atoms. The number of ketones is 1. The number of hydrogen-bond donors (Lipinski definition) is 0. The standard InChI is InChI=1S/C28H29NO4/c1-19-4-8-23(9-5-19)28(29-31-3)18-33-24-12-6-21(7-13-24)17-32-25-14-10-22(11-15-25)27-16-26(27)20(2)30/h4-15,26-27H,16-18H2,1-3H3. The molecular formula is C28H29NO4. The first-order valence-electron chi connectivity index (χ1n) is 11.2. The number of benzene rings is 3. The quantitative estimate of drug-likeness (QED) is 0.298. The van der Waals surface area contributed by atoms with Gasteiger partial charge in [-0.05, 0) is 61.6 Å². The average molecular weight is 444 g/mol. The van der Waals surface area contributed by atoms with Crippen molar-refractivity contribution in [3.8, 4) is 11.5 Å². The highest BCUT2D eigenvalue weighted by molar-refractivity contribution is 6.01. The number of nitrogens with zero attached hydrogens (tertiary/aromatic N) is 1. The second-order valence-electron chi connectivity index (χ2n) is 8.44. The van der Waals surface area contributed by atoms with Crippen LogP contribution in [0.2, 0.25) is 0 Å². The Morgan fingerprint density at radius 3 is 2.15 bits per heavy atom. The number of carbonyl (C=O) groups excluding carboxylic acids is 1. The molecule has 170 valence electrons. The summed E-state index contributed by atoms with van der Waals surface area (Å²) in [6, 6.07) is 24.0. The minimum atomic E-state index is 0.200. The molecule has 3 aromatic carbocycles. The minimum Gasteiger partial charge on any atom is -0.489 e. The minimum absolute atomic E-state index is 0.200. The van der Waals surface area contributed by atoms with Crippen LogP contribution in [0.1, 0.15) is 41.5 Å². The zero-order valence-corrected chi connectivity index (χ0v) is 19.3. The molecule has 1 aliphatic carbocycles. The molecule has 0 N–H and O–H groups in total. The summed E-state index contributed by atoms with van der Waals surface area (Å²) in [4.78, 5) is 16.5. The smallest absolute Gasteiger partial charge is 0.134 e. The van der Waals surface area contributed by atoms with Gasteiger partial charge in [0.1, 0.15) is 43.3 Å². The average Bonchev–Trinajstić information content (AvgIpc) is 3.64. The van der Waals surface area contributed by atoms with E-state index in [4.69, 9.17) is 14.3 Å². The SMILES string of the molecule is CON=C(COc1ccc(COc2ccc(C3CC3C(C)=O)cc2)cc1)c1ccc(C)cc1. The maximum Gasteiger partial charge on any atom is 0.134 e. The molecule has 3 aromatic rings. The fraction of sp³-hybridized carbons (Fsp3) is 0.286. The number of carbonyl (C=O) groups is 1. The van der Waals surface area contributed by atoms with Gasteiger partial charge in [-0.1, -0.05) is 59.3 Å². The van der Waals surface area contributed by atoms with Crippen LogP contribution in [-0.4, -0.2) is 25.2 Å². The Hall–Kier alpha value is -3.60. The Kier molecular flexibility index (Phi) is 7.08. The monoisotopic (exact) mass is 443 g/mol. The number of Topliss-reactive ketones (excluding diaryl/α,β-unsaturated/α-hetero) is 1. The van der Waals surface area contributed by atoms with Crippen molar-refractivity contribution in [2.45, 2.75) is 32.8 Å². The summed E-state index contributed by atoms with van der Waals surface area (Å²) in [7, 11) is 1.53. The maximum absolute atomic E-state index is 11.5. The van der Waals surface area contributed by atoms with Crippen LogP contribution in [0.4, 0.5) is 0 Å². The second-order valence-corrected chi connectivity index (χ2v) is 8.44. The van der Waals surface area contributed by atoms with Gasteiger partial charge in [-0.15, -0.1) is 0 Å². The van der Waals surface area contributed by atoms with Gasteiger partial charge >= 0.3 is 0 Å². The van der Waals surface area contributed by atoms with E-state index in [1.165, 1.54) is 18.2 Å². The second kappa shape index (κ2) is 10.3. The van der Waals surface area contributed by atoms with Crippen LogP contribution < -0.4 is 9.47 Å². The van der Waals surface area contributed by atoms with Crippen molar-refractivity contribution < 1.29 is 19.1 Å². The van der Waals surface area contributed by atoms with Crippen molar-refractivity contribution in [3.63, 3.8) is 0 Å². The van der Waals surface area contributed by atoms with Gasteiger partial charge in [-0.2, -0.15) is 0 Å². The van der Waals surface area contributed by atoms with Crippen LogP contribution in [0.25, 0.3) is 0 Å². The molecule has 0 aromatic heterocycles. The van der Waals surface area contributed by atoms with Crippen molar-refractivity contribution in [1.29, 1.82) is 0 Å². The van der Waals surface area contributed by atoms with Gasteiger partial charge in [-0.25, -0.2) is 0 Å². The van der Waals surface area contributed by atoms with Crippen molar-refractivity contribution >= 4 is 11.5 Å². The normalized spacial score (nSPS) is 17.4. The van der Waals surface area contributed by atoms with Gasteiger partial charge in [0.2, 0.25) is 0 Å². The fourth-order valence-corrected chi connectivity index (χ4v) is 3.84. The highest BCUT2D eigenvalue weighted by Crippen LogP contribution is 2.48. The van der Waals surface area contributed by atoms with E-state index in [9.17, 15) is 4.79 Å². The number of ether oxygens (including phenoxy) is 2. The number of hydrogen-bond acceptors (Lipinski definition) is 5. The molecule has 0 bridgehead atoms. The van der Waals surface area contributed by atoms with E-state index in [1.54, 1.807) is 6.92 Å². The summed E-state index contributed by atoms with van der Waals surface area (Å²) in [6.45, 7) is 4.50. The van der Waals surface area contributed by atoms with E-state index in [0.717, 1.165) is 34.8 Å². The van der Waals surface area contributed by atoms with E-state index >= 15 is 0 Å². The third-order valence-electron chi connectivity index (χ3n) is 5.91. The van der Waals surface area contributed by atoms with Gasteiger partial charge in [0, 0.05) is 11.5 Å². The molecule has 1 aliphatic rings. The zero-order chi connectivity index (χ0) is 23.2. The third kappa shape index (κ3) is 6.01. The zero-order valence-electron chi connectivity index (χ0n) is 19.3. The predicted octanol–water partition coefficient (Wildman–Crippen LogP) is 5.70. The lowest BCUT2D eigenvalue weighted by Gasteiger charge is -2.11. The first kappa shape index (κ1) is 22.6. The summed E-state index contributed by atoms with van der Waals surface area (Å²) < 4.78 is 11.8. The molecule has 1 fully saturated rings. The van der Waals surface area contributed by atoms with Crippen molar-refractivity contribution in [1.82, 2.24) is 0 Å². The lowest BCUT2D eigenvalue weighted by atomic mass is 10.1. The first-order chi connectivity index (χ1) is 16.0. The van der Waals surface area contributed by atoms with E-state index in [1.807, 2.05) is 67.6 Å². The molecule has 0 heterocycles. The van der Waals surface area contributed by atoms with Crippen molar-refractivity contribution in [2.24, 2.45) is 11.1 Å². The molecule has 0 aliphatic heterocycles. The lowest BCUT2D eigenvalue weighted by molar-refractivity contribution is -0.118. The Labute approximate surface area is 195 Å². The molecule has 4 rings (SSSR count). The molecule has 2 atom stereocenters. The van der Waals surface area contributed by atoms with Gasteiger partial charge in [-0.3, -0.25) is 4.79 Å². The summed E-state index contributed by atoms with van der Waals surface area (Å²) in [5, 5.41) is 4.11. The van der Waals surface area contributed by atoms with Crippen LogP contribution in [0, 0.1) is 12.8 Å². The van der Waals surface area contributed by atoms with Gasteiger partial charge in [0.15, 0.2) is 0 Å². The van der Waals surface area contributed by atoms with Gasteiger partial charge in [0.05, 0.1) is 0 Å². The largest absolute Gasteiger partial charge is 0.489 e. The van der Waals surface area contributed by atoms with E-state index in [-0.39, 0.29) is 11.7 Å².